The van der Waals surface area contributed by atoms with Gasteiger partial charge in [-0.1, -0.05) is 12.1 Å². The Labute approximate surface area is 153 Å². The van der Waals surface area contributed by atoms with E-state index in [1.54, 1.807) is 11.9 Å². The van der Waals surface area contributed by atoms with Gasteiger partial charge in [0.1, 0.15) is 5.75 Å². The van der Waals surface area contributed by atoms with Crippen LogP contribution >= 0.6 is 0 Å². The molecule has 2 aromatic rings. The summed E-state index contributed by atoms with van der Waals surface area (Å²) in [6.07, 6.45) is 2.15. The second-order valence-electron chi connectivity index (χ2n) is 6.60. The molecule has 0 saturated carbocycles. The first-order valence-electron chi connectivity index (χ1n) is 8.50. The van der Waals surface area contributed by atoms with Crippen molar-refractivity contribution in [2.75, 3.05) is 28.8 Å². The van der Waals surface area contributed by atoms with Gasteiger partial charge in [-0.15, -0.1) is 5.10 Å². The van der Waals surface area contributed by atoms with Crippen LogP contribution in [0.3, 0.4) is 0 Å². The highest BCUT2D eigenvalue weighted by Crippen LogP contribution is 2.28. The molecule has 1 aromatic heterocycles. The lowest BCUT2D eigenvalue weighted by atomic mass is 10.2. The average molecular weight is 377 g/mol. The first-order chi connectivity index (χ1) is 12.3. The van der Waals surface area contributed by atoms with Gasteiger partial charge in [0.15, 0.2) is 15.7 Å². The van der Waals surface area contributed by atoms with Crippen molar-refractivity contribution >= 4 is 27.3 Å². The summed E-state index contributed by atoms with van der Waals surface area (Å²) in [6.45, 7) is 3.93. The molecule has 1 aromatic carbocycles. The summed E-state index contributed by atoms with van der Waals surface area (Å²) in [5.41, 5.74) is 0.777. The molecule has 0 amide bonds. The maximum Gasteiger partial charge on any atom is 0.247 e. The van der Waals surface area contributed by atoms with E-state index in [1.165, 1.54) is 6.20 Å². The molecule has 3 rings (SSSR count). The van der Waals surface area contributed by atoms with Crippen LogP contribution in [0.1, 0.15) is 20.3 Å². The van der Waals surface area contributed by atoms with Crippen LogP contribution in [-0.4, -0.2) is 54.3 Å². The highest BCUT2D eigenvalue weighted by atomic mass is 32.2. The minimum absolute atomic E-state index is 0.0486. The Kier molecular flexibility index (Phi) is 5.26. The fraction of sp³-hybridized carbons (Fsp3) is 0.471. The van der Waals surface area contributed by atoms with E-state index in [0.717, 1.165) is 11.4 Å². The number of sulfone groups is 1. The van der Waals surface area contributed by atoms with Crippen molar-refractivity contribution in [2.45, 2.75) is 32.4 Å². The maximum atomic E-state index is 11.7. The number of hydrogen-bond donors (Lipinski definition) is 1. The highest BCUT2D eigenvalue weighted by Gasteiger charge is 2.32. The predicted molar refractivity (Wildman–Crippen MR) is 101 cm³/mol. The third-order valence-corrected chi connectivity index (χ3v) is 5.88. The Balaban J connectivity index is 1.78. The molecule has 1 unspecified atom stereocenters. The number of ether oxygens (including phenoxy) is 1. The number of nitrogens with zero attached hydrogens (tertiary/aromatic N) is 4. The van der Waals surface area contributed by atoms with Crippen LogP contribution in [0.5, 0.6) is 5.75 Å². The molecule has 8 nitrogen and oxygen atoms in total. The van der Waals surface area contributed by atoms with Gasteiger partial charge in [0.2, 0.25) is 5.95 Å². The van der Waals surface area contributed by atoms with Gasteiger partial charge >= 0.3 is 0 Å². The van der Waals surface area contributed by atoms with Crippen LogP contribution in [0.2, 0.25) is 0 Å². The number of para-hydroxylation sites is 2. The molecule has 1 aliphatic heterocycles. The van der Waals surface area contributed by atoms with E-state index in [1.807, 2.05) is 38.1 Å². The molecule has 1 aliphatic rings. The molecule has 1 N–H and O–H groups in total. The van der Waals surface area contributed by atoms with Crippen molar-refractivity contribution in [3.8, 4) is 5.75 Å². The lowest BCUT2D eigenvalue weighted by Gasteiger charge is -2.23. The minimum Gasteiger partial charge on any atom is -0.489 e. The van der Waals surface area contributed by atoms with Crippen molar-refractivity contribution in [2.24, 2.45) is 0 Å². The van der Waals surface area contributed by atoms with Gasteiger partial charge in [0, 0.05) is 13.1 Å². The number of anilines is 3. The zero-order chi connectivity index (χ0) is 18.7. The zero-order valence-electron chi connectivity index (χ0n) is 15.1. The van der Waals surface area contributed by atoms with E-state index in [4.69, 9.17) is 4.74 Å². The Morgan fingerprint density at radius 2 is 2.08 bits per heavy atom. The largest absolute Gasteiger partial charge is 0.489 e. The fourth-order valence-electron chi connectivity index (χ4n) is 2.81. The number of aromatic nitrogens is 3. The summed E-state index contributed by atoms with van der Waals surface area (Å²) in [7, 11) is -1.18. The van der Waals surface area contributed by atoms with Crippen LogP contribution in [-0.2, 0) is 9.84 Å². The molecule has 2 heterocycles. The topological polar surface area (TPSA) is 97.3 Å². The molecule has 1 atom stereocenters. The monoisotopic (exact) mass is 377 g/mol. The quantitative estimate of drug-likeness (QED) is 0.817. The molecule has 140 valence electrons. The lowest BCUT2D eigenvalue weighted by Crippen LogP contribution is -2.34. The van der Waals surface area contributed by atoms with Gasteiger partial charge in [0.25, 0.3) is 0 Å². The molecule has 0 radical (unpaired) electrons. The second kappa shape index (κ2) is 7.45. The third kappa shape index (κ3) is 4.40. The van der Waals surface area contributed by atoms with E-state index in [9.17, 15) is 8.42 Å². The molecule has 1 saturated heterocycles. The molecule has 9 heteroatoms. The Hall–Kier alpha value is -2.42. The second-order valence-corrected chi connectivity index (χ2v) is 8.83. The third-order valence-electron chi connectivity index (χ3n) is 4.13. The standard InChI is InChI=1S/C17H23N5O3S/c1-12(2)25-15-7-5-4-6-14(15)19-16-10-18-21-17(20-16)22(3)13-8-9-26(23,24)11-13/h4-7,10,12-13H,8-9,11H2,1-3H3,(H,19,20,21). The summed E-state index contributed by atoms with van der Waals surface area (Å²) < 4.78 is 29.2. The minimum atomic E-state index is -2.97. The molecule has 1 fully saturated rings. The number of benzene rings is 1. The first-order valence-corrected chi connectivity index (χ1v) is 10.3. The van der Waals surface area contributed by atoms with Crippen molar-refractivity contribution < 1.29 is 13.2 Å². The fourth-order valence-corrected chi connectivity index (χ4v) is 4.59. The van der Waals surface area contributed by atoms with E-state index < -0.39 is 9.84 Å². The number of hydrogen-bond acceptors (Lipinski definition) is 8. The number of nitrogens with one attached hydrogen (secondary N) is 1. The molecule has 0 bridgehead atoms. The summed E-state index contributed by atoms with van der Waals surface area (Å²) in [5.74, 6) is 1.95. The SMILES string of the molecule is CC(C)Oc1ccccc1Nc1cnnc(N(C)C2CCS(=O)(=O)C2)n1. The molecular weight excluding hydrogens is 354 g/mol. The van der Waals surface area contributed by atoms with Crippen LogP contribution in [0.4, 0.5) is 17.5 Å². The smallest absolute Gasteiger partial charge is 0.247 e. The van der Waals surface area contributed by atoms with Crippen LogP contribution in [0.15, 0.2) is 30.5 Å². The predicted octanol–water partition coefficient (Wildman–Crippen LogP) is 2.03. The van der Waals surface area contributed by atoms with Crippen molar-refractivity contribution in [1.82, 2.24) is 15.2 Å². The van der Waals surface area contributed by atoms with Crippen LogP contribution in [0, 0.1) is 0 Å². The van der Waals surface area contributed by atoms with Gasteiger partial charge < -0.3 is 15.0 Å². The van der Waals surface area contributed by atoms with E-state index in [-0.39, 0.29) is 23.7 Å². The summed E-state index contributed by atoms with van der Waals surface area (Å²) in [5, 5.41) is 11.2. The number of rotatable bonds is 6. The Morgan fingerprint density at radius 3 is 2.77 bits per heavy atom. The Morgan fingerprint density at radius 1 is 1.31 bits per heavy atom. The summed E-state index contributed by atoms with van der Waals surface area (Å²) >= 11 is 0. The average Bonchev–Trinajstić information content (AvgIpc) is 2.96. The van der Waals surface area contributed by atoms with Crippen molar-refractivity contribution in [1.29, 1.82) is 0 Å². The molecule has 0 spiro atoms. The van der Waals surface area contributed by atoms with Gasteiger partial charge in [-0.05, 0) is 32.4 Å². The normalized spacial score (nSPS) is 18.7. The molecule has 0 aliphatic carbocycles. The van der Waals surface area contributed by atoms with Crippen LogP contribution < -0.4 is 15.0 Å². The van der Waals surface area contributed by atoms with Crippen LogP contribution in [0.25, 0.3) is 0 Å². The van der Waals surface area contributed by atoms with Crippen molar-refractivity contribution in [3.63, 3.8) is 0 Å². The van der Waals surface area contributed by atoms with Gasteiger partial charge in [-0.25, -0.2) is 8.42 Å². The maximum absolute atomic E-state index is 11.7. The molecule has 26 heavy (non-hydrogen) atoms. The lowest BCUT2D eigenvalue weighted by molar-refractivity contribution is 0.244. The van der Waals surface area contributed by atoms with E-state index in [2.05, 4.69) is 20.5 Å². The first kappa shape index (κ1) is 18.4. The van der Waals surface area contributed by atoms with Gasteiger partial charge in [-0.3, -0.25) is 0 Å². The van der Waals surface area contributed by atoms with Gasteiger partial charge in [0.05, 0.1) is 29.5 Å². The Bertz CT molecular complexity index is 872. The van der Waals surface area contributed by atoms with E-state index >= 15 is 0 Å². The van der Waals surface area contributed by atoms with Crippen molar-refractivity contribution in [3.05, 3.63) is 30.5 Å². The highest BCUT2D eigenvalue weighted by molar-refractivity contribution is 7.91. The summed E-state index contributed by atoms with van der Waals surface area (Å²) in [6, 6.07) is 7.45. The molecular formula is C17H23N5O3S. The zero-order valence-corrected chi connectivity index (χ0v) is 15.9. The van der Waals surface area contributed by atoms with Gasteiger partial charge in [-0.2, -0.15) is 10.1 Å². The summed E-state index contributed by atoms with van der Waals surface area (Å²) in [4.78, 5) is 6.25. The van der Waals surface area contributed by atoms with E-state index in [0.29, 0.717) is 18.2 Å².